The number of rotatable bonds is 11. The molecule has 0 saturated heterocycles. The van der Waals surface area contributed by atoms with Gasteiger partial charge in [0.25, 0.3) is 0 Å². The summed E-state index contributed by atoms with van der Waals surface area (Å²) in [6.07, 6.45) is 3.74. The molecule has 1 unspecified atom stereocenters. The number of carbonyl (C=O) groups excluding carboxylic acids is 2. The van der Waals surface area contributed by atoms with E-state index in [1.54, 1.807) is 31.5 Å². The van der Waals surface area contributed by atoms with Crippen LogP contribution in [0.25, 0.3) is 0 Å². The highest BCUT2D eigenvalue weighted by atomic mass is 32.2. The second-order valence-corrected chi connectivity index (χ2v) is 10.9. The fourth-order valence-corrected chi connectivity index (χ4v) is 5.69. The summed E-state index contributed by atoms with van der Waals surface area (Å²) in [4.78, 5) is 31.2. The van der Waals surface area contributed by atoms with Crippen molar-refractivity contribution in [1.29, 1.82) is 0 Å². The molecule has 10 nitrogen and oxygen atoms in total. The van der Waals surface area contributed by atoms with Gasteiger partial charge in [0.1, 0.15) is 12.6 Å². The molecule has 0 aliphatic carbocycles. The van der Waals surface area contributed by atoms with Crippen LogP contribution in [-0.4, -0.2) is 62.1 Å². The van der Waals surface area contributed by atoms with Gasteiger partial charge in [0, 0.05) is 12.7 Å². The third-order valence-corrected chi connectivity index (χ3v) is 7.80. The number of pyridine rings is 1. The van der Waals surface area contributed by atoms with Crippen LogP contribution < -0.4 is 10.2 Å². The Morgan fingerprint density at radius 2 is 1.89 bits per heavy atom. The van der Waals surface area contributed by atoms with Crippen LogP contribution in [0, 0.1) is 5.92 Å². The topological polar surface area (TPSA) is 118 Å². The Balaban J connectivity index is 1.89. The first-order valence-electron chi connectivity index (χ1n) is 11.9. The third kappa shape index (κ3) is 6.14. The number of sulfonamides is 1. The molecule has 3 rings (SSSR count). The Hall–Kier alpha value is -3.18. The first-order chi connectivity index (χ1) is 17.1. The van der Waals surface area contributed by atoms with Gasteiger partial charge in [-0.1, -0.05) is 26.0 Å². The summed E-state index contributed by atoms with van der Waals surface area (Å²) < 4.78 is 38.1. The lowest BCUT2D eigenvalue weighted by Gasteiger charge is -2.29. The van der Waals surface area contributed by atoms with Crippen molar-refractivity contribution >= 4 is 33.3 Å². The standard InChI is InChI=1S/C25H34N4O6S/c1-6-35-25(31)23(13-17(2)3)29(16-24(30)34-5)36(32,33)20-9-7-19(8-10-20)15-28-18(4)27-21-14-26-12-11-22(21)28/h7-12,14,17-18,23,27H,6,13,15-16H2,1-5H3/t18?,23-/m0/s1. The summed E-state index contributed by atoms with van der Waals surface area (Å²) in [5.74, 6) is -1.48. The maximum atomic E-state index is 13.7. The van der Waals surface area contributed by atoms with Crippen molar-refractivity contribution in [3.05, 3.63) is 48.3 Å². The molecular weight excluding hydrogens is 484 g/mol. The molecule has 36 heavy (non-hydrogen) atoms. The monoisotopic (exact) mass is 518 g/mol. The molecular formula is C25H34N4O6S. The molecule has 2 heterocycles. The van der Waals surface area contributed by atoms with Crippen molar-refractivity contribution in [2.75, 3.05) is 30.5 Å². The molecule has 1 aromatic carbocycles. The van der Waals surface area contributed by atoms with Crippen LogP contribution in [0.1, 0.15) is 39.7 Å². The lowest BCUT2D eigenvalue weighted by atomic mass is 10.0. The number of ether oxygens (including phenoxy) is 2. The molecule has 1 aliphatic rings. The van der Waals surface area contributed by atoms with Gasteiger partial charge in [-0.2, -0.15) is 4.31 Å². The van der Waals surface area contributed by atoms with Gasteiger partial charge >= 0.3 is 11.9 Å². The minimum atomic E-state index is -4.22. The number of anilines is 2. The van der Waals surface area contributed by atoms with Crippen LogP contribution >= 0.6 is 0 Å². The molecule has 1 aliphatic heterocycles. The fraction of sp³-hybridized carbons (Fsp3) is 0.480. The van der Waals surface area contributed by atoms with Crippen LogP contribution in [0.2, 0.25) is 0 Å². The minimum absolute atomic E-state index is 0.0220. The number of nitrogens with one attached hydrogen (secondary N) is 1. The number of methoxy groups -OCH3 is 1. The molecule has 0 bridgehead atoms. The number of hydrogen-bond acceptors (Lipinski definition) is 9. The number of hydrogen-bond donors (Lipinski definition) is 1. The zero-order valence-electron chi connectivity index (χ0n) is 21.3. The molecule has 2 atom stereocenters. The summed E-state index contributed by atoms with van der Waals surface area (Å²) in [5, 5.41) is 3.36. The van der Waals surface area contributed by atoms with Crippen LogP contribution in [0.3, 0.4) is 0 Å². The predicted molar refractivity (Wildman–Crippen MR) is 136 cm³/mol. The minimum Gasteiger partial charge on any atom is -0.468 e. The molecule has 1 N–H and O–H groups in total. The van der Waals surface area contributed by atoms with E-state index in [1.807, 2.05) is 26.8 Å². The van der Waals surface area contributed by atoms with Crippen molar-refractivity contribution in [2.24, 2.45) is 5.92 Å². The Labute approximate surface area is 212 Å². The number of fused-ring (bicyclic) bond motifs is 1. The third-order valence-electron chi connectivity index (χ3n) is 5.94. The van der Waals surface area contributed by atoms with Gasteiger partial charge in [-0.15, -0.1) is 0 Å². The Bertz CT molecular complexity index is 1170. The highest BCUT2D eigenvalue weighted by Crippen LogP contribution is 2.34. The average molecular weight is 519 g/mol. The first-order valence-corrected chi connectivity index (χ1v) is 13.3. The van der Waals surface area contributed by atoms with E-state index >= 15 is 0 Å². The van der Waals surface area contributed by atoms with E-state index in [4.69, 9.17) is 9.47 Å². The Kier molecular flexibility index (Phi) is 8.91. The van der Waals surface area contributed by atoms with Gasteiger partial charge in [-0.25, -0.2) is 8.42 Å². The van der Waals surface area contributed by atoms with Crippen molar-refractivity contribution in [3.63, 3.8) is 0 Å². The molecule has 0 saturated carbocycles. The molecule has 0 radical (unpaired) electrons. The number of benzene rings is 1. The maximum absolute atomic E-state index is 13.7. The quantitative estimate of drug-likeness (QED) is 0.448. The predicted octanol–water partition coefficient (Wildman–Crippen LogP) is 3.00. The van der Waals surface area contributed by atoms with E-state index in [0.717, 1.165) is 21.2 Å². The van der Waals surface area contributed by atoms with Gasteiger partial charge in [-0.3, -0.25) is 14.6 Å². The van der Waals surface area contributed by atoms with Crippen molar-refractivity contribution in [1.82, 2.24) is 9.29 Å². The van der Waals surface area contributed by atoms with Gasteiger partial charge in [0.05, 0.1) is 42.3 Å². The molecule has 0 spiro atoms. The van der Waals surface area contributed by atoms with Gasteiger partial charge in [-0.05, 0) is 49.9 Å². The lowest BCUT2D eigenvalue weighted by Crippen LogP contribution is -2.49. The first kappa shape index (κ1) is 27.4. The van der Waals surface area contributed by atoms with E-state index in [0.29, 0.717) is 6.54 Å². The van der Waals surface area contributed by atoms with Gasteiger partial charge in [0.2, 0.25) is 10.0 Å². The average Bonchev–Trinajstić information content (AvgIpc) is 3.16. The summed E-state index contributed by atoms with van der Waals surface area (Å²) in [7, 11) is -3.05. The summed E-state index contributed by atoms with van der Waals surface area (Å²) in [6, 6.07) is 7.23. The maximum Gasteiger partial charge on any atom is 0.324 e. The molecule has 2 aromatic rings. The van der Waals surface area contributed by atoms with Crippen LogP contribution in [0.15, 0.2) is 47.6 Å². The highest BCUT2D eigenvalue weighted by molar-refractivity contribution is 7.89. The van der Waals surface area contributed by atoms with Gasteiger partial charge in [0.15, 0.2) is 0 Å². The SMILES string of the molecule is CCOC(=O)[C@H](CC(C)C)N(CC(=O)OC)S(=O)(=O)c1ccc(CN2c3ccncc3NC2C)cc1. The number of nitrogens with zero attached hydrogens (tertiary/aromatic N) is 3. The number of esters is 2. The highest BCUT2D eigenvalue weighted by Gasteiger charge is 2.39. The largest absolute Gasteiger partial charge is 0.468 e. The molecule has 11 heteroatoms. The van der Waals surface area contributed by atoms with E-state index in [1.165, 1.54) is 19.2 Å². The summed E-state index contributed by atoms with van der Waals surface area (Å²) in [5.41, 5.74) is 2.86. The van der Waals surface area contributed by atoms with Crippen LogP contribution in [0.4, 0.5) is 11.4 Å². The smallest absolute Gasteiger partial charge is 0.324 e. The van der Waals surface area contributed by atoms with Crippen LogP contribution in [0.5, 0.6) is 0 Å². The molecule has 0 amide bonds. The summed E-state index contributed by atoms with van der Waals surface area (Å²) >= 11 is 0. The zero-order valence-corrected chi connectivity index (χ0v) is 22.1. The lowest BCUT2D eigenvalue weighted by molar-refractivity contribution is -0.150. The van der Waals surface area contributed by atoms with Crippen LogP contribution in [-0.2, 0) is 35.6 Å². The van der Waals surface area contributed by atoms with E-state index in [9.17, 15) is 18.0 Å². The van der Waals surface area contributed by atoms with E-state index in [2.05, 4.69) is 15.2 Å². The van der Waals surface area contributed by atoms with Gasteiger partial charge < -0.3 is 19.7 Å². The van der Waals surface area contributed by atoms with Crippen molar-refractivity contribution < 1.29 is 27.5 Å². The molecule has 0 fully saturated rings. The van der Waals surface area contributed by atoms with Crippen molar-refractivity contribution in [3.8, 4) is 0 Å². The fourth-order valence-electron chi connectivity index (χ4n) is 4.15. The second kappa shape index (κ2) is 11.7. The van der Waals surface area contributed by atoms with E-state index < -0.39 is 34.5 Å². The Morgan fingerprint density at radius 3 is 2.50 bits per heavy atom. The normalized spacial score (nSPS) is 16.0. The molecule has 196 valence electrons. The summed E-state index contributed by atoms with van der Waals surface area (Å²) in [6.45, 7) is 7.46. The molecule has 1 aromatic heterocycles. The second-order valence-electron chi connectivity index (χ2n) is 9.01. The number of carbonyl (C=O) groups is 2. The zero-order chi connectivity index (χ0) is 26.5. The van der Waals surface area contributed by atoms with E-state index in [-0.39, 0.29) is 30.0 Å². The number of aromatic nitrogens is 1. The van der Waals surface area contributed by atoms with Crippen molar-refractivity contribution in [2.45, 2.75) is 57.8 Å². The Morgan fingerprint density at radius 1 is 1.19 bits per heavy atom.